The minimum absolute atomic E-state index is 0.226. The van der Waals surface area contributed by atoms with Crippen molar-refractivity contribution in [1.82, 2.24) is 14.7 Å². The predicted molar refractivity (Wildman–Crippen MR) is 86.8 cm³/mol. The Labute approximate surface area is 134 Å². The normalized spacial score (nSPS) is 35.0. The molecule has 1 amide bonds. The average molecular weight is 309 g/mol. The number of likely N-dealkylation sites (tertiary alicyclic amines) is 1. The van der Waals surface area contributed by atoms with E-state index in [0.29, 0.717) is 6.04 Å². The van der Waals surface area contributed by atoms with Crippen LogP contribution in [0.5, 0.6) is 0 Å². The lowest BCUT2D eigenvalue weighted by molar-refractivity contribution is -0.128. The Morgan fingerprint density at radius 1 is 1.18 bits per heavy atom. The van der Waals surface area contributed by atoms with Crippen molar-refractivity contribution in [3.8, 4) is 0 Å². The molecule has 0 radical (unpaired) electrons. The molecule has 0 saturated carbocycles. The van der Waals surface area contributed by atoms with Gasteiger partial charge < -0.3 is 14.5 Å². The van der Waals surface area contributed by atoms with E-state index < -0.39 is 0 Å². The molecule has 3 atom stereocenters. The molecule has 22 heavy (non-hydrogen) atoms. The molecule has 5 heteroatoms. The molecule has 3 rings (SSSR count). The van der Waals surface area contributed by atoms with Gasteiger partial charge in [-0.05, 0) is 24.7 Å². The molecule has 3 aliphatic heterocycles. The summed E-state index contributed by atoms with van der Waals surface area (Å²) in [5.74, 6) is 1.69. The van der Waals surface area contributed by atoms with Crippen molar-refractivity contribution in [2.75, 3.05) is 59.0 Å². The van der Waals surface area contributed by atoms with Crippen LogP contribution in [0, 0.1) is 11.8 Å². The van der Waals surface area contributed by atoms with Gasteiger partial charge in [0.05, 0.1) is 6.61 Å². The molecule has 0 aromatic rings. The number of ether oxygens (including phenoxy) is 1. The van der Waals surface area contributed by atoms with Crippen LogP contribution in [0.1, 0.15) is 26.7 Å². The first-order valence-corrected chi connectivity index (χ1v) is 8.93. The van der Waals surface area contributed by atoms with Crippen LogP contribution in [0.2, 0.25) is 0 Å². The van der Waals surface area contributed by atoms with Gasteiger partial charge in [0.1, 0.15) is 0 Å². The van der Waals surface area contributed by atoms with Crippen LogP contribution < -0.4 is 0 Å². The van der Waals surface area contributed by atoms with Crippen molar-refractivity contribution < 1.29 is 9.53 Å². The highest BCUT2D eigenvalue weighted by atomic mass is 16.5. The summed E-state index contributed by atoms with van der Waals surface area (Å²) >= 11 is 0. The topological polar surface area (TPSA) is 36.0 Å². The van der Waals surface area contributed by atoms with Crippen LogP contribution in [-0.4, -0.2) is 85.7 Å². The summed E-state index contributed by atoms with van der Waals surface area (Å²) in [4.78, 5) is 18.9. The third kappa shape index (κ3) is 3.81. The maximum atomic E-state index is 11.6. The fraction of sp³-hybridized carbons (Fsp3) is 0.941. The predicted octanol–water partition coefficient (Wildman–Crippen LogP) is 0.897. The van der Waals surface area contributed by atoms with Gasteiger partial charge in [-0.1, -0.05) is 6.92 Å². The maximum absolute atomic E-state index is 11.6. The number of carbonyl (C=O) groups excluding carboxylic acids is 1. The zero-order valence-corrected chi connectivity index (χ0v) is 14.2. The first-order valence-electron chi connectivity index (χ1n) is 8.93. The number of rotatable bonds is 3. The second-order valence-electron chi connectivity index (χ2n) is 7.39. The van der Waals surface area contributed by atoms with Crippen molar-refractivity contribution in [2.24, 2.45) is 11.8 Å². The first-order chi connectivity index (χ1) is 10.6. The maximum Gasteiger partial charge on any atom is 0.219 e. The Hall–Kier alpha value is -0.650. The quantitative estimate of drug-likeness (QED) is 0.776. The number of hydrogen-bond acceptors (Lipinski definition) is 4. The Morgan fingerprint density at radius 2 is 2.05 bits per heavy atom. The molecule has 0 unspecified atom stereocenters. The molecule has 3 fully saturated rings. The van der Waals surface area contributed by atoms with Crippen molar-refractivity contribution in [2.45, 2.75) is 32.7 Å². The zero-order valence-electron chi connectivity index (χ0n) is 14.2. The van der Waals surface area contributed by atoms with Gasteiger partial charge >= 0.3 is 0 Å². The van der Waals surface area contributed by atoms with Crippen molar-refractivity contribution in [1.29, 1.82) is 0 Å². The van der Waals surface area contributed by atoms with Crippen LogP contribution in [-0.2, 0) is 9.53 Å². The lowest BCUT2D eigenvalue weighted by Gasteiger charge is -2.30. The summed E-state index contributed by atoms with van der Waals surface area (Å²) < 4.78 is 5.51. The first kappa shape index (κ1) is 16.2. The smallest absolute Gasteiger partial charge is 0.219 e. The molecule has 3 heterocycles. The van der Waals surface area contributed by atoms with Crippen LogP contribution in [0.25, 0.3) is 0 Å². The largest absolute Gasteiger partial charge is 0.381 e. The second kappa shape index (κ2) is 7.28. The standard InChI is InChI=1S/C17H31N3O2/c1-14-10-18(11-16-4-9-22-13-16)12-17(14)20-6-3-5-19(7-8-20)15(2)21/h14,16-17H,3-13H2,1-2H3/t14-,16+,17-/m1/s1. The van der Waals surface area contributed by atoms with E-state index in [1.807, 2.05) is 4.90 Å². The van der Waals surface area contributed by atoms with Gasteiger partial charge in [-0.25, -0.2) is 0 Å². The van der Waals surface area contributed by atoms with Gasteiger partial charge in [-0.3, -0.25) is 9.69 Å². The summed E-state index contributed by atoms with van der Waals surface area (Å²) in [5, 5.41) is 0. The molecule has 0 aliphatic carbocycles. The highest BCUT2D eigenvalue weighted by Crippen LogP contribution is 2.25. The Balaban J connectivity index is 1.52. The van der Waals surface area contributed by atoms with Gasteiger partial charge in [-0.15, -0.1) is 0 Å². The van der Waals surface area contributed by atoms with Crippen LogP contribution in [0.3, 0.4) is 0 Å². The number of nitrogens with zero attached hydrogens (tertiary/aromatic N) is 3. The van der Waals surface area contributed by atoms with Crippen molar-refractivity contribution in [3.05, 3.63) is 0 Å². The van der Waals surface area contributed by atoms with E-state index >= 15 is 0 Å². The lowest BCUT2D eigenvalue weighted by atomic mass is 10.0. The zero-order chi connectivity index (χ0) is 15.5. The molecule has 0 aromatic carbocycles. The molecule has 3 aliphatic rings. The molecule has 3 saturated heterocycles. The molecule has 0 aromatic heterocycles. The molecule has 5 nitrogen and oxygen atoms in total. The van der Waals surface area contributed by atoms with E-state index in [1.165, 1.54) is 26.1 Å². The Bertz CT molecular complexity index is 384. The molecule has 0 spiro atoms. The summed E-state index contributed by atoms with van der Waals surface area (Å²) in [6, 6.07) is 0.661. The van der Waals surface area contributed by atoms with E-state index in [4.69, 9.17) is 4.74 Å². The van der Waals surface area contributed by atoms with Gasteiger partial charge in [0, 0.05) is 65.4 Å². The van der Waals surface area contributed by atoms with E-state index in [0.717, 1.165) is 57.6 Å². The van der Waals surface area contributed by atoms with Gasteiger partial charge in [-0.2, -0.15) is 0 Å². The second-order valence-corrected chi connectivity index (χ2v) is 7.39. The van der Waals surface area contributed by atoms with Gasteiger partial charge in [0.15, 0.2) is 0 Å². The minimum atomic E-state index is 0.226. The van der Waals surface area contributed by atoms with Gasteiger partial charge in [0.25, 0.3) is 0 Å². The van der Waals surface area contributed by atoms with E-state index in [-0.39, 0.29) is 5.91 Å². The van der Waals surface area contributed by atoms with E-state index in [9.17, 15) is 4.79 Å². The fourth-order valence-electron chi connectivity index (χ4n) is 4.35. The van der Waals surface area contributed by atoms with Crippen LogP contribution in [0.15, 0.2) is 0 Å². The molecule has 0 bridgehead atoms. The molecule has 126 valence electrons. The number of hydrogen-bond donors (Lipinski definition) is 0. The highest BCUT2D eigenvalue weighted by molar-refractivity contribution is 5.73. The summed E-state index contributed by atoms with van der Waals surface area (Å²) in [5.41, 5.74) is 0. The average Bonchev–Trinajstić information content (AvgIpc) is 3.03. The Kier molecular flexibility index (Phi) is 5.37. The summed E-state index contributed by atoms with van der Waals surface area (Å²) in [6.45, 7) is 13.6. The van der Waals surface area contributed by atoms with Crippen molar-refractivity contribution in [3.63, 3.8) is 0 Å². The molecular formula is C17H31N3O2. The number of amides is 1. The monoisotopic (exact) mass is 309 g/mol. The third-order valence-corrected chi connectivity index (χ3v) is 5.63. The summed E-state index contributed by atoms with van der Waals surface area (Å²) in [7, 11) is 0. The Morgan fingerprint density at radius 3 is 2.77 bits per heavy atom. The van der Waals surface area contributed by atoms with E-state index in [2.05, 4.69) is 16.7 Å². The lowest BCUT2D eigenvalue weighted by Crippen LogP contribution is -2.43. The SMILES string of the molecule is CC(=O)N1CCCN([C@@H]2CN(C[C@@H]3CCOC3)C[C@H]2C)CC1. The van der Waals surface area contributed by atoms with E-state index in [1.54, 1.807) is 6.92 Å². The van der Waals surface area contributed by atoms with Crippen LogP contribution >= 0.6 is 0 Å². The highest BCUT2D eigenvalue weighted by Gasteiger charge is 2.35. The van der Waals surface area contributed by atoms with Gasteiger partial charge in [0.2, 0.25) is 5.91 Å². The molecular weight excluding hydrogens is 278 g/mol. The summed E-state index contributed by atoms with van der Waals surface area (Å²) in [6.07, 6.45) is 2.34. The van der Waals surface area contributed by atoms with Crippen molar-refractivity contribution >= 4 is 5.91 Å². The third-order valence-electron chi connectivity index (χ3n) is 5.63. The fourth-order valence-corrected chi connectivity index (χ4v) is 4.35. The van der Waals surface area contributed by atoms with Crippen LogP contribution in [0.4, 0.5) is 0 Å². The number of carbonyl (C=O) groups is 1. The molecule has 0 N–H and O–H groups in total. The minimum Gasteiger partial charge on any atom is -0.381 e.